The number of hydrogen-bond donors (Lipinski definition) is 5. The van der Waals surface area contributed by atoms with Gasteiger partial charge < -0.3 is 29.9 Å². The Labute approximate surface area is 117 Å². The lowest BCUT2D eigenvalue weighted by Crippen LogP contribution is -2.59. The van der Waals surface area contributed by atoms with E-state index in [1.165, 1.54) is 0 Å². The van der Waals surface area contributed by atoms with Gasteiger partial charge in [-0.1, -0.05) is 34.8 Å². The van der Waals surface area contributed by atoms with Crippen LogP contribution in [0.2, 0.25) is 0 Å². The molecule has 10 heteroatoms. The lowest BCUT2D eigenvalue weighted by molar-refractivity contribution is -0.281. The Kier molecular flexibility index (Phi) is 5.45. The van der Waals surface area contributed by atoms with Crippen molar-refractivity contribution in [2.24, 2.45) is 0 Å². The molecule has 1 rings (SSSR count). The summed E-state index contributed by atoms with van der Waals surface area (Å²) in [7, 11) is 0. The quantitative estimate of drug-likeness (QED) is 0.256. The fraction of sp³-hybridized carbons (Fsp3) is 0.875. The molecule has 7 nitrogen and oxygen atoms in total. The topological polar surface area (TPSA) is 123 Å². The molecule has 0 bridgehead atoms. The molecule has 18 heavy (non-hydrogen) atoms. The predicted octanol–water partition coefficient (Wildman–Crippen LogP) is -0.850. The number of halogens is 3. The first-order valence-electron chi connectivity index (χ1n) is 4.81. The van der Waals surface area contributed by atoms with Crippen LogP contribution in [0.5, 0.6) is 0 Å². The van der Waals surface area contributed by atoms with Gasteiger partial charge in [-0.3, -0.25) is 5.41 Å². The molecule has 0 aromatic rings. The first kappa shape index (κ1) is 16.2. The zero-order valence-electron chi connectivity index (χ0n) is 8.83. The van der Waals surface area contributed by atoms with E-state index >= 15 is 0 Å². The van der Waals surface area contributed by atoms with Crippen molar-refractivity contribution in [3.05, 3.63) is 0 Å². The maximum absolute atomic E-state index is 9.57. The average Bonchev–Trinajstić information content (AvgIpc) is 2.28. The second-order valence-corrected chi connectivity index (χ2v) is 5.92. The van der Waals surface area contributed by atoms with Crippen molar-refractivity contribution >= 4 is 40.7 Å². The standard InChI is InChI=1S/C8H12Cl3NO6/c9-8(10,11)7(12)18-6-5(16)4(15)3(14)2(1-13)17-6/h2-6,12-16H,1H2/t2-,3-,4+,5+,6-/m1/s1. The van der Waals surface area contributed by atoms with Crippen LogP contribution in [0.1, 0.15) is 0 Å². The van der Waals surface area contributed by atoms with E-state index in [9.17, 15) is 15.3 Å². The van der Waals surface area contributed by atoms with E-state index in [1.807, 2.05) is 0 Å². The van der Waals surface area contributed by atoms with Crippen molar-refractivity contribution in [3.63, 3.8) is 0 Å². The first-order valence-corrected chi connectivity index (χ1v) is 5.94. The summed E-state index contributed by atoms with van der Waals surface area (Å²) in [4.78, 5) is 0. The maximum Gasteiger partial charge on any atom is 0.265 e. The molecule has 1 fully saturated rings. The number of nitrogens with one attached hydrogen (secondary N) is 1. The SMILES string of the molecule is N=C(O[C@H]1O[C@H](CO)[C@@H](O)[C@H](O)[C@@H]1O)C(Cl)(Cl)Cl. The van der Waals surface area contributed by atoms with E-state index < -0.39 is 47.0 Å². The lowest BCUT2D eigenvalue weighted by Gasteiger charge is -2.39. The van der Waals surface area contributed by atoms with E-state index in [1.54, 1.807) is 0 Å². The van der Waals surface area contributed by atoms with Gasteiger partial charge in [0.25, 0.3) is 3.79 Å². The Balaban J connectivity index is 2.74. The average molecular weight is 325 g/mol. The summed E-state index contributed by atoms with van der Waals surface area (Å²) in [5.41, 5.74) is 0. The van der Waals surface area contributed by atoms with Gasteiger partial charge in [-0.05, 0) is 0 Å². The number of aliphatic hydroxyl groups excluding tert-OH is 4. The summed E-state index contributed by atoms with van der Waals surface area (Å²) >= 11 is 16.1. The van der Waals surface area contributed by atoms with Crippen LogP contribution in [0.3, 0.4) is 0 Å². The Morgan fingerprint density at radius 1 is 1.17 bits per heavy atom. The van der Waals surface area contributed by atoms with Crippen molar-refractivity contribution < 1.29 is 29.9 Å². The zero-order valence-corrected chi connectivity index (χ0v) is 11.1. The minimum absolute atomic E-state index is 0.619. The predicted molar refractivity (Wildman–Crippen MR) is 62.9 cm³/mol. The normalized spacial score (nSPS) is 37.4. The number of hydrogen-bond acceptors (Lipinski definition) is 7. The van der Waals surface area contributed by atoms with Crippen molar-refractivity contribution in [3.8, 4) is 0 Å². The molecule has 1 saturated heterocycles. The molecule has 0 aromatic carbocycles. The highest BCUT2D eigenvalue weighted by Gasteiger charge is 2.46. The Morgan fingerprint density at radius 2 is 1.72 bits per heavy atom. The van der Waals surface area contributed by atoms with Crippen LogP contribution in [0.4, 0.5) is 0 Å². The smallest absolute Gasteiger partial charge is 0.265 e. The molecule has 5 atom stereocenters. The molecule has 5 N–H and O–H groups in total. The summed E-state index contributed by atoms with van der Waals surface area (Å²) in [6, 6.07) is 0. The van der Waals surface area contributed by atoms with Crippen LogP contribution >= 0.6 is 34.8 Å². The van der Waals surface area contributed by atoms with E-state index in [0.717, 1.165) is 0 Å². The number of rotatable bonds is 2. The van der Waals surface area contributed by atoms with E-state index in [0.29, 0.717) is 0 Å². The summed E-state index contributed by atoms with van der Waals surface area (Å²) < 4.78 is 7.55. The first-order chi connectivity index (χ1) is 8.18. The van der Waals surface area contributed by atoms with Crippen molar-refractivity contribution in [2.75, 3.05) is 6.61 Å². The van der Waals surface area contributed by atoms with E-state index in [2.05, 4.69) is 0 Å². The molecule has 0 aromatic heterocycles. The third kappa shape index (κ3) is 3.58. The molecule has 0 unspecified atom stereocenters. The molecule has 1 heterocycles. The van der Waals surface area contributed by atoms with Gasteiger partial charge in [0, 0.05) is 0 Å². The fourth-order valence-electron chi connectivity index (χ4n) is 1.35. The maximum atomic E-state index is 9.57. The molecule has 106 valence electrons. The second kappa shape index (κ2) is 6.06. The van der Waals surface area contributed by atoms with Gasteiger partial charge in [-0.25, -0.2) is 0 Å². The third-order valence-electron chi connectivity index (χ3n) is 2.34. The van der Waals surface area contributed by atoms with Gasteiger partial charge in [0.1, 0.15) is 24.4 Å². The Hall–Kier alpha value is 0.140. The van der Waals surface area contributed by atoms with Gasteiger partial charge in [0.2, 0.25) is 12.2 Å². The minimum Gasteiger partial charge on any atom is -0.445 e. The molecule has 0 radical (unpaired) electrons. The van der Waals surface area contributed by atoms with Crippen molar-refractivity contribution in [1.82, 2.24) is 0 Å². The van der Waals surface area contributed by atoms with Gasteiger partial charge in [-0.2, -0.15) is 0 Å². The summed E-state index contributed by atoms with van der Waals surface area (Å²) in [6.45, 7) is -0.619. The molecule has 0 saturated carbocycles. The molecule has 0 amide bonds. The van der Waals surface area contributed by atoms with E-state index in [4.69, 9.17) is 54.8 Å². The second-order valence-electron chi connectivity index (χ2n) is 3.64. The number of ether oxygens (including phenoxy) is 2. The molecular weight excluding hydrogens is 312 g/mol. The van der Waals surface area contributed by atoms with Gasteiger partial charge >= 0.3 is 0 Å². The Morgan fingerprint density at radius 3 is 2.17 bits per heavy atom. The van der Waals surface area contributed by atoms with Crippen LogP contribution in [0, 0.1) is 5.41 Å². The Bertz CT molecular complexity index is 310. The van der Waals surface area contributed by atoms with Gasteiger partial charge in [0.05, 0.1) is 6.61 Å². The van der Waals surface area contributed by atoms with Crippen LogP contribution in [0.25, 0.3) is 0 Å². The molecule has 0 aliphatic carbocycles. The van der Waals surface area contributed by atoms with Crippen molar-refractivity contribution in [2.45, 2.75) is 34.5 Å². The third-order valence-corrected chi connectivity index (χ3v) is 2.85. The summed E-state index contributed by atoms with van der Waals surface area (Å²) in [6.07, 6.45) is -7.49. The van der Waals surface area contributed by atoms with Crippen LogP contribution < -0.4 is 0 Å². The highest BCUT2D eigenvalue weighted by atomic mass is 35.6. The molecule has 1 aliphatic heterocycles. The number of alkyl halides is 3. The highest BCUT2D eigenvalue weighted by molar-refractivity contribution is 6.76. The zero-order chi connectivity index (χ0) is 14.1. The largest absolute Gasteiger partial charge is 0.445 e. The van der Waals surface area contributed by atoms with Gasteiger partial charge in [0.15, 0.2) is 0 Å². The number of aliphatic hydroxyl groups is 4. The molecular formula is C8H12Cl3NO6. The fourth-order valence-corrected chi connectivity index (χ4v) is 1.48. The van der Waals surface area contributed by atoms with Crippen LogP contribution in [0.15, 0.2) is 0 Å². The monoisotopic (exact) mass is 323 g/mol. The van der Waals surface area contributed by atoms with Crippen molar-refractivity contribution in [1.29, 1.82) is 5.41 Å². The molecule has 1 aliphatic rings. The lowest BCUT2D eigenvalue weighted by atomic mass is 9.99. The van der Waals surface area contributed by atoms with Gasteiger partial charge in [-0.15, -0.1) is 0 Å². The highest BCUT2D eigenvalue weighted by Crippen LogP contribution is 2.30. The minimum atomic E-state index is -2.15. The summed E-state index contributed by atoms with van der Waals surface area (Å²) in [5, 5.41) is 44.7. The summed E-state index contributed by atoms with van der Waals surface area (Å²) in [5.74, 6) is -0.822. The van der Waals surface area contributed by atoms with Crippen LogP contribution in [-0.4, -0.2) is 67.4 Å². The molecule has 0 spiro atoms. The van der Waals surface area contributed by atoms with E-state index in [-0.39, 0.29) is 0 Å². The van der Waals surface area contributed by atoms with Crippen LogP contribution in [-0.2, 0) is 9.47 Å².